The van der Waals surface area contributed by atoms with Crippen molar-refractivity contribution in [1.82, 2.24) is 9.80 Å². The zero-order valence-electron chi connectivity index (χ0n) is 12.5. The molecule has 20 heavy (non-hydrogen) atoms. The van der Waals surface area contributed by atoms with Crippen LogP contribution in [0.4, 0.5) is 0 Å². The summed E-state index contributed by atoms with van der Waals surface area (Å²) in [7, 11) is 1.82. The van der Waals surface area contributed by atoms with Gasteiger partial charge in [0.15, 0.2) is 0 Å². The predicted octanol–water partition coefficient (Wildman–Crippen LogP) is -0.370. The highest BCUT2D eigenvalue weighted by Crippen LogP contribution is 2.13. The van der Waals surface area contributed by atoms with E-state index in [1.807, 2.05) is 30.0 Å². The van der Waals surface area contributed by atoms with E-state index in [-0.39, 0.29) is 30.4 Å². The topological polar surface area (TPSA) is 75.9 Å². The highest BCUT2D eigenvalue weighted by atomic mass is 32.2. The van der Waals surface area contributed by atoms with Gasteiger partial charge in [0.2, 0.25) is 11.8 Å². The normalized spacial score (nSPS) is 21.0. The largest absolute Gasteiger partial charge is 0.373 e. The quantitative estimate of drug-likeness (QED) is 0.694. The van der Waals surface area contributed by atoms with Crippen molar-refractivity contribution in [1.29, 1.82) is 0 Å². The first kappa shape index (κ1) is 17.3. The molecule has 0 aromatic carbocycles. The second-order valence-electron chi connectivity index (χ2n) is 5.30. The zero-order chi connectivity index (χ0) is 15.1. The van der Waals surface area contributed by atoms with Crippen molar-refractivity contribution in [2.24, 2.45) is 11.7 Å². The summed E-state index contributed by atoms with van der Waals surface area (Å²) in [5.74, 6) is 0.699. The van der Waals surface area contributed by atoms with Crippen LogP contribution in [0.25, 0.3) is 0 Å². The first-order valence-corrected chi connectivity index (χ1v) is 8.19. The van der Waals surface area contributed by atoms with E-state index in [1.54, 1.807) is 11.8 Å². The molecule has 7 heteroatoms. The van der Waals surface area contributed by atoms with Gasteiger partial charge in [0.05, 0.1) is 19.3 Å². The van der Waals surface area contributed by atoms with Crippen molar-refractivity contribution in [3.8, 4) is 0 Å². The van der Waals surface area contributed by atoms with Gasteiger partial charge in [-0.3, -0.25) is 14.5 Å². The van der Waals surface area contributed by atoms with Crippen LogP contribution in [0.1, 0.15) is 6.92 Å². The molecule has 0 saturated carbocycles. The maximum Gasteiger partial charge on any atom is 0.231 e. The van der Waals surface area contributed by atoms with Gasteiger partial charge in [0.25, 0.3) is 0 Å². The van der Waals surface area contributed by atoms with E-state index in [0.717, 1.165) is 5.75 Å². The van der Waals surface area contributed by atoms with E-state index >= 15 is 0 Å². The highest BCUT2D eigenvalue weighted by Gasteiger charge is 2.27. The van der Waals surface area contributed by atoms with Crippen molar-refractivity contribution in [2.75, 3.05) is 51.8 Å². The number of hydrogen-bond acceptors (Lipinski definition) is 5. The average Bonchev–Trinajstić information content (AvgIpc) is 2.37. The van der Waals surface area contributed by atoms with Crippen LogP contribution in [0, 0.1) is 5.92 Å². The third-order valence-electron chi connectivity index (χ3n) is 3.23. The average molecular weight is 303 g/mol. The number of carbonyl (C=O) groups excluding carboxylic acids is 2. The summed E-state index contributed by atoms with van der Waals surface area (Å²) in [6.45, 7) is 4.55. The second-order valence-corrected chi connectivity index (χ2v) is 6.21. The van der Waals surface area contributed by atoms with E-state index in [1.165, 1.54) is 0 Å². The number of morpholine rings is 1. The number of likely N-dealkylation sites (N-methyl/N-ethyl adjacent to an activating group) is 1. The number of primary amides is 1. The fourth-order valence-corrected chi connectivity index (χ4v) is 2.98. The van der Waals surface area contributed by atoms with Crippen LogP contribution in [0.3, 0.4) is 0 Å². The summed E-state index contributed by atoms with van der Waals surface area (Å²) < 4.78 is 5.66. The smallest absolute Gasteiger partial charge is 0.231 e. The number of ether oxygens (including phenoxy) is 1. The summed E-state index contributed by atoms with van der Waals surface area (Å²) in [6, 6.07) is 0. The van der Waals surface area contributed by atoms with Gasteiger partial charge < -0.3 is 15.4 Å². The Labute approximate surface area is 125 Å². The fraction of sp³-hybridized carbons (Fsp3) is 0.846. The fourth-order valence-electron chi connectivity index (χ4n) is 2.34. The SMILES string of the molecule is CSC[C@H](C)C(=O)N1CCO[C@H](CN(C)CC(N)=O)C1. The maximum absolute atomic E-state index is 12.3. The number of rotatable bonds is 7. The molecule has 0 radical (unpaired) electrons. The Kier molecular flexibility index (Phi) is 7.32. The van der Waals surface area contributed by atoms with Gasteiger partial charge in [0.1, 0.15) is 0 Å². The molecular weight excluding hydrogens is 278 g/mol. The van der Waals surface area contributed by atoms with Crippen LogP contribution in [0.15, 0.2) is 0 Å². The molecule has 1 aliphatic heterocycles. The number of nitrogens with zero attached hydrogens (tertiary/aromatic N) is 2. The monoisotopic (exact) mass is 303 g/mol. The Morgan fingerprint density at radius 2 is 2.25 bits per heavy atom. The van der Waals surface area contributed by atoms with Gasteiger partial charge in [-0.2, -0.15) is 11.8 Å². The highest BCUT2D eigenvalue weighted by molar-refractivity contribution is 7.98. The maximum atomic E-state index is 12.3. The molecule has 1 rings (SSSR count). The number of thioether (sulfide) groups is 1. The molecule has 1 saturated heterocycles. The number of amides is 2. The third-order valence-corrected chi connectivity index (χ3v) is 4.06. The van der Waals surface area contributed by atoms with Crippen molar-refractivity contribution < 1.29 is 14.3 Å². The molecule has 1 aliphatic rings. The van der Waals surface area contributed by atoms with E-state index in [4.69, 9.17) is 10.5 Å². The first-order chi connectivity index (χ1) is 9.43. The van der Waals surface area contributed by atoms with Crippen LogP contribution in [0.5, 0.6) is 0 Å². The molecule has 1 fully saturated rings. The van der Waals surface area contributed by atoms with E-state index in [0.29, 0.717) is 26.2 Å². The van der Waals surface area contributed by atoms with Crippen molar-refractivity contribution in [3.05, 3.63) is 0 Å². The molecule has 2 atom stereocenters. The molecule has 2 amide bonds. The molecule has 0 aromatic rings. The summed E-state index contributed by atoms with van der Waals surface area (Å²) in [5, 5.41) is 0. The Bertz CT molecular complexity index is 341. The lowest BCUT2D eigenvalue weighted by Crippen LogP contribution is -2.51. The van der Waals surface area contributed by atoms with E-state index in [9.17, 15) is 9.59 Å². The summed E-state index contributed by atoms with van der Waals surface area (Å²) in [6.07, 6.45) is 1.95. The molecule has 0 aromatic heterocycles. The first-order valence-electron chi connectivity index (χ1n) is 6.80. The Morgan fingerprint density at radius 1 is 1.55 bits per heavy atom. The van der Waals surface area contributed by atoms with Crippen molar-refractivity contribution in [2.45, 2.75) is 13.0 Å². The van der Waals surface area contributed by atoms with Gasteiger partial charge in [-0.15, -0.1) is 0 Å². The second kappa shape index (κ2) is 8.49. The zero-order valence-corrected chi connectivity index (χ0v) is 13.3. The Morgan fingerprint density at radius 3 is 2.85 bits per heavy atom. The lowest BCUT2D eigenvalue weighted by molar-refractivity contribution is -0.142. The van der Waals surface area contributed by atoms with Gasteiger partial charge in [-0.05, 0) is 13.3 Å². The standard InChI is InChI=1S/C13H25N3O3S/c1-10(9-20-3)13(18)16-4-5-19-11(7-16)6-15(2)8-12(14)17/h10-11H,4-9H2,1-3H3,(H2,14,17)/t10-,11+/m0/s1. The summed E-state index contributed by atoms with van der Waals surface area (Å²) in [4.78, 5) is 26.8. The number of carbonyl (C=O) groups is 2. The van der Waals surface area contributed by atoms with Gasteiger partial charge >= 0.3 is 0 Å². The van der Waals surface area contributed by atoms with Crippen LogP contribution in [-0.4, -0.2) is 79.6 Å². The molecule has 0 aliphatic carbocycles. The molecule has 0 bridgehead atoms. The number of hydrogen-bond donors (Lipinski definition) is 1. The molecule has 116 valence electrons. The summed E-state index contributed by atoms with van der Waals surface area (Å²) in [5.41, 5.74) is 5.16. The van der Waals surface area contributed by atoms with Crippen LogP contribution in [-0.2, 0) is 14.3 Å². The van der Waals surface area contributed by atoms with E-state index < -0.39 is 0 Å². The Balaban J connectivity index is 2.45. The van der Waals surface area contributed by atoms with E-state index in [2.05, 4.69) is 0 Å². The van der Waals surface area contributed by atoms with Gasteiger partial charge in [0, 0.05) is 31.3 Å². The molecule has 2 N–H and O–H groups in total. The van der Waals surface area contributed by atoms with Crippen molar-refractivity contribution >= 4 is 23.6 Å². The van der Waals surface area contributed by atoms with Crippen LogP contribution < -0.4 is 5.73 Å². The minimum absolute atomic E-state index is 0.0344. The predicted molar refractivity (Wildman–Crippen MR) is 80.6 cm³/mol. The molecular formula is C13H25N3O3S. The molecule has 0 spiro atoms. The summed E-state index contributed by atoms with van der Waals surface area (Å²) >= 11 is 1.68. The minimum Gasteiger partial charge on any atom is -0.373 e. The number of nitrogens with two attached hydrogens (primary N) is 1. The van der Waals surface area contributed by atoms with Crippen LogP contribution >= 0.6 is 11.8 Å². The van der Waals surface area contributed by atoms with Gasteiger partial charge in [-0.25, -0.2) is 0 Å². The molecule has 1 heterocycles. The van der Waals surface area contributed by atoms with Crippen molar-refractivity contribution in [3.63, 3.8) is 0 Å². The van der Waals surface area contributed by atoms with Gasteiger partial charge in [-0.1, -0.05) is 6.92 Å². The minimum atomic E-state index is -0.357. The molecule has 0 unspecified atom stereocenters. The lowest BCUT2D eigenvalue weighted by Gasteiger charge is -2.35. The Hall–Kier alpha value is -0.790. The molecule has 6 nitrogen and oxygen atoms in total. The lowest BCUT2D eigenvalue weighted by atomic mass is 10.1. The third kappa shape index (κ3) is 5.68. The van der Waals surface area contributed by atoms with Crippen LogP contribution in [0.2, 0.25) is 0 Å².